The summed E-state index contributed by atoms with van der Waals surface area (Å²) >= 11 is 5.93. The molecule has 0 unspecified atom stereocenters. The standard InChI is InChI=1S/C18H27ClN2O2/c1-2-3-4-5-6-7-8-11-14-20-17(22)18(23)21-16-13-10-9-12-15(16)19/h9-10,12-13H,2-8,11,14H2,1H3,(H,20,22)(H,21,23). The first-order chi connectivity index (χ1) is 11.1. The van der Waals surface area contributed by atoms with Crippen LogP contribution in [0.4, 0.5) is 5.69 Å². The van der Waals surface area contributed by atoms with Crippen molar-refractivity contribution in [1.82, 2.24) is 5.32 Å². The van der Waals surface area contributed by atoms with Gasteiger partial charge in [-0.1, -0.05) is 75.6 Å². The number of anilines is 1. The molecule has 0 bridgehead atoms. The van der Waals surface area contributed by atoms with Gasteiger partial charge in [0, 0.05) is 6.54 Å². The van der Waals surface area contributed by atoms with E-state index >= 15 is 0 Å². The summed E-state index contributed by atoms with van der Waals surface area (Å²) < 4.78 is 0. The summed E-state index contributed by atoms with van der Waals surface area (Å²) in [7, 11) is 0. The van der Waals surface area contributed by atoms with E-state index in [1.807, 2.05) is 0 Å². The Hall–Kier alpha value is -1.55. The minimum Gasteiger partial charge on any atom is -0.348 e. The average Bonchev–Trinajstić information content (AvgIpc) is 2.55. The molecule has 5 heteroatoms. The molecule has 23 heavy (non-hydrogen) atoms. The van der Waals surface area contributed by atoms with Gasteiger partial charge >= 0.3 is 11.8 Å². The summed E-state index contributed by atoms with van der Waals surface area (Å²) in [5.41, 5.74) is 0.446. The van der Waals surface area contributed by atoms with E-state index in [4.69, 9.17) is 11.6 Å². The molecule has 4 nitrogen and oxygen atoms in total. The lowest BCUT2D eigenvalue weighted by Gasteiger charge is -2.07. The zero-order valence-electron chi connectivity index (χ0n) is 13.9. The maximum Gasteiger partial charge on any atom is 0.313 e. The highest BCUT2D eigenvalue weighted by Gasteiger charge is 2.13. The molecule has 0 spiro atoms. The van der Waals surface area contributed by atoms with Crippen LogP contribution in [0.25, 0.3) is 0 Å². The van der Waals surface area contributed by atoms with E-state index < -0.39 is 11.8 Å². The Morgan fingerprint density at radius 2 is 1.52 bits per heavy atom. The van der Waals surface area contributed by atoms with Crippen LogP contribution in [0.2, 0.25) is 5.02 Å². The van der Waals surface area contributed by atoms with Crippen LogP contribution in [-0.2, 0) is 9.59 Å². The number of halogens is 1. The number of hydrogen-bond acceptors (Lipinski definition) is 2. The number of carbonyl (C=O) groups excluding carboxylic acids is 2. The number of unbranched alkanes of at least 4 members (excludes halogenated alkanes) is 7. The highest BCUT2D eigenvalue weighted by molar-refractivity contribution is 6.41. The molecule has 0 aliphatic carbocycles. The quantitative estimate of drug-likeness (QED) is 0.486. The van der Waals surface area contributed by atoms with Crippen LogP contribution in [0.15, 0.2) is 24.3 Å². The second kappa shape index (κ2) is 11.9. The normalized spacial score (nSPS) is 10.3. The molecule has 128 valence electrons. The molecule has 2 amide bonds. The molecule has 1 aromatic rings. The molecular formula is C18H27ClN2O2. The van der Waals surface area contributed by atoms with Gasteiger partial charge in [0.15, 0.2) is 0 Å². The Balaban J connectivity index is 2.10. The second-order valence-electron chi connectivity index (χ2n) is 5.66. The molecule has 0 heterocycles. The second-order valence-corrected chi connectivity index (χ2v) is 6.07. The van der Waals surface area contributed by atoms with Crippen molar-refractivity contribution in [3.8, 4) is 0 Å². The number of rotatable bonds is 10. The molecule has 0 atom stereocenters. The number of amides is 2. The molecule has 0 fully saturated rings. The van der Waals surface area contributed by atoms with Gasteiger partial charge in [0.05, 0.1) is 10.7 Å². The minimum atomic E-state index is -0.683. The number of carbonyl (C=O) groups is 2. The van der Waals surface area contributed by atoms with Gasteiger partial charge in [-0.15, -0.1) is 0 Å². The Morgan fingerprint density at radius 1 is 0.913 bits per heavy atom. The lowest BCUT2D eigenvalue weighted by Crippen LogP contribution is -2.35. The maximum atomic E-state index is 11.7. The average molecular weight is 339 g/mol. The van der Waals surface area contributed by atoms with E-state index in [0.717, 1.165) is 12.8 Å². The Morgan fingerprint density at radius 3 is 2.17 bits per heavy atom. The molecule has 2 N–H and O–H groups in total. The van der Waals surface area contributed by atoms with Gasteiger partial charge in [-0.3, -0.25) is 9.59 Å². The summed E-state index contributed by atoms with van der Waals surface area (Å²) in [6, 6.07) is 6.84. The van der Waals surface area contributed by atoms with Crippen molar-refractivity contribution in [1.29, 1.82) is 0 Å². The van der Waals surface area contributed by atoms with E-state index in [-0.39, 0.29) is 0 Å². The van der Waals surface area contributed by atoms with Gasteiger partial charge in [0.2, 0.25) is 0 Å². The number of hydrogen-bond donors (Lipinski definition) is 2. The first kappa shape index (κ1) is 19.5. The van der Waals surface area contributed by atoms with Gasteiger partial charge < -0.3 is 10.6 Å². The Bertz CT molecular complexity index is 492. The summed E-state index contributed by atoms with van der Waals surface area (Å²) in [4.78, 5) is 23.4. The van der Waals surface area contributed by atoms with Crippen molar-refractivity contribution < 1.29 is 9.59 Å². The predicted molar refractivity (Wildman–Crippen MR) is 95.7 cm³/mol. The molecule has 1 aromatic carbocycles. The molecular weight excluding hydrogens is 312 g/mol. The molecule has 0 aliphatic heterocycles. The van der Waals surface area contributed by atoms with Gasteiger partial charge in [0.1, 0.15) is 0 Å². The summed E-state index contributed by atoms with van der Waals surface area (Å²) in [5.74, 6) is -1.30. The van der Waals surface area contributed by atoms with E-state index in [1.165, 1.54) is 38.5 Å². The van der Waals surface area contributed by atoms with Crippen molar-refractivity contribution >= 4 is 29.1 Å². The Kier molecular flexibility index (Phi) is 10.1. The fourth-order valence-corrected chi connectivity index (χ4v) is 2.47. The fraction of sp³-hybridized carbons (Fsp3) is 0.556. The lowest BCUT2D eigenvalue weighted by atomic mass is 10.1. The van der Waals surface area contributed by atoms with Crippen LogP contribution in [0.5, 0.6) is 0 Å². The summed E-state index contributed by atoms with van der Waals surface area (Å²) in [6.45, 7) is 2.74. The third-order valence-electron chi connectivity index (χ3n) is 3.64. The van der Waals surface area contributed by atoms with Gasteiger partial charge in [-0.25, -0.2) is 0 Å². The molecule has 1 rings (SSSR count). The van der Waals surface area contributed by atoms with Crippen LogP contribution < -0.4 is 10.6 Å². The number of benzene rings is 1. The van der Waals surface area contributed by atoms with Crippen molar-refractivity contribution in [2.45, 2.75) is 58.3 Å². The predicted octanol–water partition coefficient (Wildman–Crippen LogP) is 4.54. The van der Waals surface area contributed by atoms with Crippen LogP contribution in [0.3, 0.4) is 0 Å². The zero-order valence-corrected chi connectivity index (χ0v) is 14.6. The molecule has 0 aromatic heterocycles. The maximum absolute atomic E-state index is 11.7. The number of nitrogens with one attached hydrogen (secondary N) is 2. The van der Waals surface area contributed by atoms with E-state index in [0.29, 0.717) is 17.3 Å². The smallest absolute Gasteiger partial charge is 0.313 e. The third kappa shape index (κ3) is 8.60. The first-order valence-electron chi connectivity index (χ1n) is 8.49. The largest absolute Gasteiger partial charge is 0.348 e. The molecule has 0 saturated carbocycles. The van der Waals surface area contributed by atoms with E-state index in [2.05, 4.69) is 17.6 Å². The number of para-hydroxylation sites is 1. The van der Waals surface area contributed by atoms with E-state index in [1.54, 1.807) is 24.3 Å². The van der Waals surface area contributed by atoms with Crippen molar-refractivity contribution in [3.63, 3.8) is 0 Å². The highest BCUT2D eigenvalue weighted by Crippen LogP contribution is 2.20. The summed E-state index contributed by atoms with van der Waals surface area (Å²) in [5, 5.41) is 5.56. The van der Waals surface area contributed by atoms with E-state index in [9.17, 15) is 9.59 Å². The van der Waals surface area contributed by atoms with Crippen molar-refractivity contribution in [2.75, 3.05) is 11.9 Å². The third-order valence-corrected chi connectivity index (χ3v) is 3.97. The minimum absolute atomic E-state index is 0.414. The van der Waals surface area contributed by atoms with Crippen molar-refractivity contribution in [2.24, 2.45) is 0 Å². The topological polar surface area (TPSA) is 58.2 Å². The van der Waals surface area contributed by atoms with Gasteiger partial charge in [-0.2, -0.15) is 0 Å². The van der Waals surface area contributed by atoms with Crippen molar-refractivity contribution in [3.05, 3.63) is 29.3 Å². The molecule has 0 saturated heterocycles. The van der Waals surface area contributed by atoms with Crippen LogP contribution in [0.1, 0.15) is 58.3 Å². The van der Waals surface area contributed by atoms with Crippen LogP contribution in [-0.4, -0.2) is 18.4 Å². The van der Waals surface area contributed by atoms with Gasteiger partial charge in [-0.05, 0) is 18.6 Å². The van der Waals surface area contributed by atoms with Crippen LogP contribution in [0, 0.1) is 0 Å². The monoisotopic (exact) mass is 338 g/mol. The molecule has 0 aliphatic rings. The Labute approximate surface area is 144 Å². The molecule has 0 radical (unpaired) electrons. The first-order valence-corrected chi connectivity index (χ1v) is 8.86. The highest BCUT2D eigenvalue weighted by atomic mass is 35.5. The fourth-order valence-electron chi connectivity index (χ4n) is 2.28. The zero-order chi connectivity index (χ0) is 16.9. The van der Waals surface area contributed by atoms with Gasteiger partial charge in [0.25, 0.3) is 0 Å². The SMILES string of the molecule is CCCCCCCCCCNC(=O)C(=O)Nc1ccccc1Cl. The summed E-state index contributed by atoms with van der Waals surface area (Å²) in [6.07, 6.45) is 9.61. The lowest BCUT2D eigenvalue weighted by molar-refractivity contribution is -0.136. The van der Waals surface area contributed by atoms with Crippen LogP contribution >= 0.6 is 11.6 Å².